The molecule has 2 aliphatic heterocycles. The largest absolute Gasteiger partial charge is 0.317 e. The van der Waals surface area contributed by atoms with Crippen molar-refractivity contribution in [3.63, 3.8) is 0 Å². The molecule has 110 valence electrons. The van der Waals surface area contributed by atoms with Crippen molar-refractivity contribution in [2.45, 2.75) is 38.3 Å². The predicted octanol–water partition coefficient (Wildman–Crippen LogP) is 2.61. The molecule has 3 aliphatic rings. The van der Waals surface area contributed by atoms with Crippen LogP contribution in [0, 0.1) is 5.92 Å². The number of nitrogens with one attached hydrogen (secondary N) is 1. The molecule has 0 aromatic heterocycles. The lowest BCUT2D eigenvalue weighted by Gasteiger charge is -2.39. The van der Waals surface area contributed by atoms with Gasteiger partial charge in [-0.05, 0) is 30.9 Å². The van der Waals surface area contributed by atoms with Crippen molar-refractivity contribution in [1.29, 1.82) is 0 Å². The Morgan fingerprint density at radius 3 is 2.76 bits per heavy atom. The minimum absolute atomic E-state index is 0.0983. The van der Waals surface area contributed by atoms with Gasteiger partial charge in [-0.3, -0.25) is 14.7 Å². The molecule has 1 amide bonds. The minimum atomic E-state index is -0.0983. The monoisotopic (exact) mass is 284 g/mol. The molecule has 5 heteroatoms. The maximum absolute atomic E-state index is 12.3. The maximum Gasteiger partial charge on any atom is 0.293 e. The summed E-state index contributed by atoms with van der Waals surface area (Å²) in [5.74, 6) is 1.01. The zero-order chi connectivity index (χ0) is 14.4. The molecule has 1 aromatic carbocycles. The number of amidine groups is 1. The van der Waals surface area contributed by atoms with Crippen LogP contribution in [0.1, 0.15) is 32.1 Å². The van der Waals surface area contributed by atoms with Gasteiger partial charge in [-0.15, -0.1) is 0 Å². The third-order valence-corrected chi connectivity index (χ3v) is 4.81. The van der Waals surface area contributed by atoms with Crippen molar-refractivity contribution in [2.75, 3.05) is 17.3 Å². The average Bonchev–Trinajstić information content (AvgIpc) is 2.86. The molecule has 1 aliphatic carbocycles. The molecule has 1 N–H and O–H groups in total. The van der Waals surface area contributed by atoms with Gasteiger partial charge < -0.3 is 5.32 Å². The fourth-order valence-electron chi connectivity index (χ4n) is 3.88. The van der Waals surface area contributed by atoms with E-state index in [1.807, 2.05) is 30.3 Å². The van der Waals surface area contributed by atoms with E-state index in [-0.39, 0.29) is 12.1 Å². The standard InChI is InChI=1S/C16H20N4O/c1-19-16(11-7-3-2-4-8-11)20-13-10-6-5-9-12(13)17-15(21)14(20)18-19/h5-6,9-11,16H,2-4,7-8H2,1H3,(H,17,21). The number of nitrogens with zero attached hydrogens (tertiary/aromatic N) is 3. The number of amides is 1. The SMILES string of the molecule is CN1N=C2C(=O)Nc3ccccc3N2C1C1CCCCC1. The molecule has 1 unspecified atom stereocenters. The van der Waals surface area contributed by atoms with Gasteiger partial charge in [0.1, 0.15) is 6.17 Å². The van der Waals surface area contributed by atoms with Gasteiger partial charge in [-0.2, -0.15) is 5.10 Å². The molecule has 1 saturated carbocycles. The normalized spacial score (nSPS) is 25.3. The highest BCUT2D eigenvalue weighted by Crippen LogP contribution is 2.40. The quantitative estimate of drug-likeness (QED) is 0.862. The second-order valence-electron chi connectivity index (χ2n) is 6.15. The molecule has 21 heavy (non-hydrogen) atoms. The molecule has 2 heterocycles. The Kier molecular flexibility index (Phi) is 2.87. The highest BCUT2D eigenvalue weighted by molar-refractivity contribution is 6.49. The lowest BCUT2D eigenvalue weighted by molar-refractivity contribution is -0.110. The van der Waals surface area contributed by atoms with Crippen molar-refractivity contribution >= 4 is 23.1 Å². The Bertz CT molecular complexity index is 606. The first kappa shape index (κ1) is 12.7. The molecule has 1 aromatic rings. The van der Waals surface area contributed by atoms with Gasteiger partial charge in [-0.25, -0.2) is 0 Å². The summed E-state index contributed by atoms with van der Waals surface area (Å²) in [5, 5.41) is 9.43. The molecule has 5 nitrogen and oxygen atoms in total. The van der Waals surface area contributed by atoms with Gasteiger partial charge in [0.25, 0.3) is 5.91 Å². The Hall–Kier alpha value is -2.04. The Morgan fingerprint density at radius 2 is 1.95 bits per heavy atom. The number of hydrogen-bond donors (Lipinski definition) is 1. The van der Waals surface area contributed by atoms with Crippen molar-refractivity contribution in [2.24, 2.45) is 11.0 Å². The van der Waals surface area contributed by atoms with Gasteiger partial charge >= 0.3 is 0 Å². The summed E-state index contributed by atoms with van der Waals surface area (Å²) in [5.41, 5.74) is 1.95. The molecule has 1 atom stereocenters. The first-order chi connectivity index (χ1) is 10.3. The van der Waals surface area contributed by atoms with E-state index >= 15 is 0 Å². The van der Waals surface area contributed by atoms with Crippen LogP contribution in [0.5, 0.6) is 0 Å². The topological polar surface area (TPSA) is 47.9 Å². The highest BCUT2D eigenvalue weighted by Gasteiger charge is 2.44. The molecule has 0 radical (unpaired) electrons. The number of carbonyl (C=O) groups is 1. The van der Waals surface area contributed by atoms with Crippen molar-refractivity contribution in [3.05, 3.63) is 24.3 Å². The second-order valence-corrected chi connectivity index (χ2v) is 6.15. The fourth-order valence-corrected chi connectivity index (χ4v) is 3.88. The number of benzene rings is 1. The first-order valence-corrected chi connectivity index (χ1v) is 7.77. The van der Waals surface area contributed by atoms with Crippen LogP contribution in [-0.4, -0.2) is 30.0 Å². The molecular formula is C16H20N4O. The van der Waals surface area contributed by atoms with Crippen LogP contribution in [0.15, 0.2) is 29.4 Å². The van der Waals surface area contributed by atoms with E-state index in [4.69, 9.17) is 0 Å². The minimum Gasteiger partial charge on any atom is -0.317 e. The van der Waals surface area contributed by atoms with Crippen molar-refractivity contribution in [1.82, 2.24) is 5.01 Å². The third-order valence-electron chi connectivity index (χ3n) is 4.81. The van der Waals surface area contributed by atoms with Gasteiger partial charge in [0.05, 0.1) is 11.4 Å². The van der Waals surface area contributed by atoms with Crippen LogP contribution in [0.3, 0.4) is 0 Å². The van der Waals surface area contributed by atoms with Gasteiger partial charge in [0.2, 0.25) is 5.84 Å². The summed E-state index contributed by atoms with van der Waals surface area (Å²) in [6.45, 7) is 0. The van der Waals surface area contributed by atoms with Gasteiger partial charge in [0, 0.05) is 7.05 Å². The predicted molar refractivity (Wildman–Crippen MR) is 83.1 cm³/mol. The van der Waals surface area contributed by atoms with E-state index in [1.165, 1.54) is 32.1 Å². The summed E-state index contributed by atoms with van der Waals surface area (Å²) in [4.78, 5) is 14.4. The molecular weight excluding hydrogens is 264 g/mol. The van der Waals surface area contributed by atoms with E-state index in [0.717, 1.165) is 11.4 Å². The number of fused-ring (bicyclic) bond motifs is 3. The number of para-hydroxylation sites is 2. The molecule has 4 rings (SSSR count). The number of hydrogen-bond acceptors (Lipinski definition) is 4. The zero-order valence-corrected chi connectivity index (χ0v) is 12.2. The Labute approximate surface area is 124 Å². The van der Waals surface area contributed by atoms with E-state index in [2.05, 4.69) is 21.4 Å². The van der Waals surface area contributed by atoms with Crippen LogP contribution in [0.4, 0.5) is 11.4 Å². The smallest absolute Gasteiger partial charge is 0.293 e. The van der Waals surface area contributed by atoms with Crippen LogP contribution in [-0.2, 0) is 4.79 Å². The van der Waals surface area contributed by atoms with Crippen molar-refractivity contribution < 1.29 is 4.79 Å². The van der Waals surface area contributed by atoms with E-state index in [0.29, 0.717) is 11.8 Å². The van der Waals surface area contributed by atoms with Crippen LogP contribution in [0.2, 0.25) is 0 Å². The van der Waals surface area contributed by atoms with E-state index in [1.54, 1.807) is 0 Å². The number of hydrazone groups is 1. The number of carbonyl (C=O) groups excluding carboxylic acids is 1. The molecule has 0 saturated heterocycles. The van der Waals surface area contributed by atoms with Crippen LogP contribution in [0.25, 0.3) is 0 Å². The lowest BCUT2D eigenvalue weighted by Crippen LogP contribution is -2.51. The Morgan fingerprint density at radius 1 is 1.19 bits per heavy atom. The summed E-state index contributed by atoms with van der Waals surface area (Å²) in [6.07, 6.45) is 6.51. The number of rotatable bonds is 1. The first-order valence-electron chi connectivity index (χ1n) is 7.77. The van der Waals surface area contributed by atoms with Crippen LogP contribution < -0.4 is 10.2 Å². The molecule has 1 fully saturated rings. The lowest BCUT2D eigenvalue weighted by atomic mass is 9.86. The molecule has 0 spiro atoms. The molecule has 0 bridgehead atoms. The maximum atomic E-state index is 12.3. The summed E-state index contributed by atoms with van der Waals surface area (Å²) < 4.78 is 0. The van der Waals surface area contributed by atoms with Crippen LogP contribution >= 0.6 is 0 Å². The summed E-state index contributed by atoms with van der Waals surface area (Å²) in [6, 6.07) is 8.00. The van der Waals surface area contributed by atoms with Gasteiger partial charge in [-0.1, -0.05) is 31.4 Å². The third kappa shape index (κ3) is 1.91. The van der Waals surface area contributed by atoms with E-state index < -0.39 is 0 Å². The summed E-state index contributed by atoms with van der Waals surface area (Å²) in [7, 11) is 1.99. The Balaban J connectivity index is 1.76. The number of anilines is 2. The van der Waals surface area contributed by atoms with E-state index in [9.17, 15) is 4.79 Å². The fraction of sp³-hybridized carbons (Fsp3) is 0.500. The van der Waals surface area contributed by atoms with Gasteiger partial charge in [0.15, 0.2) is 0 Å². The summed E-state index contributed by atoms with van der Waals surface area (Å²) >= 11 is 0. The second kappa shape index (κ2) is 4.76. The zero-order valence-electron chi connectivity index (χ0n) is 12.2. The average molecular weight is 284 g/mol. The highest BCUT2D eigenvalue weighted by atomic mass is 16.2. The van der Waals surface area contributed by atoms with Crippen molar-refractivity contribution in [3.8, 4) is 0 Å².